The number of sulfonamides is 1. The van der Waals surface area contributed by atoms with Crippen molar-refractivity contribution in [2.75, 3.05) is 15.4 Å². The molecule has 10 heteroatoms. The standard InChI is InChI=1S/C25H20N6O3S/c1-16(32)27-18-8-11-20(12-9-18)35(33,34)31-25-24(29-22-6-2-3-7-23(22)30-25)28-19-10-13-21-17(15-19)5-4-14-26-21/h2-15H,1H3,(H,27,32)(H,28,29)(H,30,31). The number of hydrogen-bond acceptors (Lipinski definition) is 7. The van der Waals surface area contributed by atoms with E-state index in [-0.39, 0.29) is 22.4 Å². The zero-order chi connectivity index (χ0) is 24.4. The second-order valence-electron chi connectivity index (χ2n) is 7.76. The van der Waals surface area contributed by atoms with Crippen LogP contribution >= 0.6 is 0 Å². The van der Waals surface area contributed by atoms with Crippen LogP contribution in [0.4, 0.5) is 23.0 Å². The summed E-state index contributed by atoms with van der Waals surface area (Å²) in [5.41, 5.74) is 3.19. The fraction of sp³-hybridized carbons (Fsp3) is 0.0400. The third-order valence-electron chi connectivity index (χ3n) is 5.15. The van der Waals surface area contributed by atoms with Gasteiger partial charge in [-0.1, -0.05) is 18.2 Å². The maximum absolute atomic E-state index is 13.1. The van der Waals surface area contributed by atoms with E-state index in [0.29, 0.717) is 22.4 Å². The van der Waals surface area contributed by atoms with Gasteiger partial charge in [0.05, 0.1) is 21.4 Å². The van der Waals surface area contributed by atoms with Crippen molar-refractivity contribution in [2.45, 2.75) is 11.8 Å². The van der Waals surface area contributed by atoms with Gasteiger partial charge >= 0.3 is 0 Å². The molecule has 174 valence electrons. The molecule has 9 nitrogen and oxygen atoms in total. The average molecular weight is 485 g/mol. The van der Waals surface area contributed by atoms with Crippen LogP contribution in [0.1, 0.15) is 6.92 Å². The van der Waals surface area contributed by atoms with Gasteiger partial charge < -0.3 is 10.6 Å². The normalized spacial score (nSPS) is 11.3. The summed E-state index contributed by atoms with van der Waals surface area (Å²) in [5.74, 6) is 0.0664. The minimum absolute atomic E-state index is 0.0179. The summed E-state index contributed by atoms with van der Waals surface area (Å²) >= 11 is 0. The summed E-state index contributed by atoms with van der Waals surface area (Å²) in [7, 11) is -3.99. The Bertz CT molecular complexity index is 1670. The predicted molar refractivity (Wildman–Crippen MR) is 136 cm³/mol. The van der Waals surface area contributed by atoms with Crippen LogP contribution in [0.15, 0.2) is 90.0 Å². The molecule has 3 aromatic carbocycles. The molecule has 0 fully saturated rings. The van der Waals surface area contributed by atoms with Gasteiger partial charge in [-0.15, -0.1) is 0 Å². The third kappa shape index (κ3) is 4.87. The first-order chi connectivity index (χ1) is 16.9. The minimum atomic E-state index is -3.99. The minimum Gasteiger partial charge on any atom is -0.337 e. The number of hydrogen-bond donors (Lipinski definition) is 3. The van der Waals surface area contributed by atoms with Crippen LogP contribution in [0.3, 0.4) is 0 Å². The number of carbonyl (C=O) groups is 1. The molecule has 0 unspecified atom stereocenters. The number of amides is 1. The number of nitrogens with one attached hydrogen (secondary N) is 3. The van der Waals surface area contributed by atoms with Gasteiger partial charge in [-0.3, -0.25) is 14.5 Å². The number of carbonyl (C=O) groups excluding carboxylic acids is 1. The van der Waals surface area contributed by atoms with Crippen molar-refractivity contribution < 1.29 is 13.2 Å². The van der Waals surface area contributed by atoms with E-state index >= 15 is 0 Å². The quantitative estimate of drug-likeness (QED) is 0.319. The van der Waals surface area contributed by atoms with Crippen LogP contribution in [0, 0.1) is 0 Å². The predicted octanol–water partition coefficient (Wildman–Crippen LogP) is 4.68. The summed E-state index contributed by atoms with van der Waals surface area (Å²) in [6.45, 7) is 1.38. The Kier molecular flexibility index (Phi) is 5.71. The highest BCUT2D eigenvalue weighted by atomic mass is 32.2. The van der Waals surface area contributed by atoms with E-state index in [1.165, 1.54) is 31.2 Å². The number of pyridine rings is 1. The number of nitrogens with zero attached hydrogens (tertiary/aromatic N) is 3. The van der Waals surface area contributed by atoms with Gasteiger partial charge in [0.1, 0.15) is 0 Å². The van der Waals surface area contributed by atoms with Crippen LogP contribution in [-0.2, 0) is 14.8 Å². The van der Waals surface area contributed by atoms with Crippen molar-refractivity contribution in [3.8, 4) is 0 Å². The Morgan fingerprint density at radius 2 is 1.46 bits per heavy atom. The average Bonchev–Trinajstić information content (AvgIpc) is 2.84. The molecule has 5 rings (SSSR count). The molecular formula is C25H20N6O3S. The molecule has 0 radical (unpaired) electrons. The molecule has 0 aliphatic rings. The molecule has 3 N–H and O–H groups in total. The van der Waals surface area contributed by atoms with Crippen LogP contribution < -0.4 is 15.4 Å². The molecule has 0 saturated heterocycles. The number of anilines is 4. The summed E-state index contributed by atoms with van der Waals surface area (Å²) in [5, 5.41) is 6.72. The molecule has 1 amide bonds. The molecule has 0 bridgehead atoms. The van der Waals surface area contributed by atoms with Crippen LogP contribution in [-0.4, -0.2) is 29.3 Å². The molecule has 0 atom stereocenters. The third-order valence-corrected chi connectivity index (χ3v) is 6.51. The molecule has 0 spiro atoms. The highest BCUT2D eigenvalue weighted by molar-refractivity contribution is 7.92. The Labute approximate surface area is 201 Å². The Hall–Kier alpha value is -4.57. The lowest BCUT2D eigenvalue weighted by Crippen LogP contribution is -2.16. The first-order valence-corrected chi connectivity index (χ1v) is 12.1. The molecule has 0 saturated carbocycles. The van der Waals surface area contributed by atoms with Gasteiger partial charge in [-0.2, -0.15) is 0 Å². The van der Waals surface area contributed by atoms with E-state index in [9.17, 15) is 13.2 Å². The summed E-state index contributed by atoms with van der Waals surface area (Å²) in [6.07, 6.45) is 1.72. The molecule has 35 heavy (non-hydrogen) atoms. The summed E-state index contributed by atoms with van der Waals surface area (Å²) in [6, 6.07) is 22.4. The first-order valence-electron chi connectivity index (χ1n) is 10.7. The van der Waals surface area contributed by atoms with E-state index in [1.807, 2.05) is 36.4 Å². The molecule has 0 aliphatic carbocycles. The lowest BCUT2D eigenvalue weighted by atomic mass is 10.2. The van der Waals surface area contributed by atoms with Crippen molar-refractivity contribution in [1.29, 1.82) is 0 Å². The second kappa shape index (κ2) is 8.99. The lowest BCUT2D eigenvalue weighted by Gasteiger charge is -2.14. The van der Waals surface area contributed by atoms with Crippen LogP contribution in [0.25, 0.3) is 21.9 Å². The van der Waals surface area contributed by atoms with E-state index in [1.54, 1.807) is 24.4 Å². The number of fused-ring (bicyclic) bond motifs is 2. The number of benzene rings is 3. The van der Waals surface area contributed by atoms with E-state index < -0.39 is 10.0 Å². The van der Waals surface area contributed by atoms with Gasteiger partial charge in [0.15, 0.2) is 11.6 Å². The van der Waals surface area contributed by atoms with Gasteiger partial charge in [0, 0.05) is 29.9 Å². The zero-order valence-corrected chi connectivity index (χ0v) is 19.4. The second-order valence-corrected chi connectivity index (χ2v) is 9.44. The SMILES string of the molecule is CC(=O)Nc1ccc(S(=O)(=O)Nc2nc3ccccc3nc2Nc2ccc3ncccc3c2)cc1. The molecular weight excluding hydrogens is 464 g/mol. The molecule has 0 aliphatic heterocycles. The van der Waals surface area contributed by atoms with E-state index in [2.05, 4.69) is 30.3 Å². The van der Waals surface area contributed by atoms with E-state index in [4.69, 9.17) is 0 Å². The topological polar surface area (TPSA) is 126 Å². The number of para-hydroxylation sites is 2. The molecule has 2 heterocycles. The maximum atomic E-state index is 13.1. The zero-order valence-electron chi connectivity index (χ0n) is 18.6. The van der Waals surface area contributed by atoms with Gasteiger partial charge in [0.25, 0.3) is 10.0 Å². The van der Waals surface area contributed by atoms with Crippen molar-refractivity contribution in [2.24, 2.45) is 0 Å². The van der Waals surface area contributed by atoms with Crippen LogP contribution in [0.5, 0.6) is 0 Å². The first kappa shape index (κ1) is 22.2. The van der Waals surface area contributed by atoms with Crippen molar-refractivity contribution >= 4 is 60.9 Å². The van der Waals surface area contributed by atoms with Crippen LogP contribution in [0.2, 0.25) is 0 Å². The van der Waals surface area contributed by atoms with Crippen molar-refractivity contribution in [1.82, 2.24) is 15.0 Å². The summed E-state index contributed by atoms with van der Waals surface area (Å²) in [4.78, 5) is 24.7. The molecule has 5 aromatic rings. The Balaban J connectivity index is 1.51. The molecule has 2 aromatic heterocycles. The van der Waals surface area contributed by atoms with E-state index in [0.717, 1.165) is 10.9 Å². The number of aromatic nitrogens is 3. The number of rotatable bonds is 6. The Morgan fingerprint density at radius 3 is 2.17 bits per heavy atom. The highest BCUT2D eigenvalue weighted by Crippen LogP contribution is 2.28. The monoisotopic (exact) mass is 484 g/mol. The lowest BCUT2D eigenvalue weighted by molar-refractivity contribution is -0.114. The van der Waals surface area contributed by atoms with Gasteiger partial charge in [-0.05, 0) is 60.7 Å². The van der Waals surface area contributed by atoms with Gasteiger partial charge in [-0.25, -0.2) is 18.4 Å². The van der Waals surface area contributed by atoms with Crippen molar-refractivity contribution in [3.63, 3.8) is 0 Å². The Morgan fingerprint density at radius 1 is 0.771 bits per heavy atom. The summed E-state index contributed by atoms with van der Waals surface area (Å²) < 4.78 is 28.8. The van der Waals surface area contributed by atoms with Crippen molar-refractivity contribution in [3.05, 3.63) is 85.1 Å². The fourth-order valence-corrected chi connectivity index (χ4v) is 4.56. The fourth-order valence-electron chi connectivity index (χ4n) is 3.56. The van der Waals surface area contributed by atoms with Gasteiger partial charge in [0.2, 0.25) is 5.91 Å². The highest BCUT2D eigenvalue weighted by Gasteiger charge is 2.19. The largest absolute Gasteiger partial charge is 0.337 e. The smallest absolute Gasteiger partial charge is 0.263 e. The maximum Gasteiger partial charge on any atom is 0.263 e.